The van der Waals surface area contributed by atoms with E-state index < -0.39 is 21.1 Å². The Morgan fingerprint density at radius 1 is 1.24 bits per heavy atom. The Hall–Kier alpha value is -2.65. The summed E-state index contributed by atoms with van der Waals surface area (Å²) in [7, 11) is -3.95. The molecule has 1 heterocycles. The minimum Gasteiger partial charge on any atom is -0.485 e. The smallest absolute Gasteiger partial charge is 0.314 e. The van der Waals surface area contributed by atoms with Crippen LogP contribution in [-0.4, -0.2) is 32.7 Å². The number of para-hydroxylation sites is 1. The van der Waals surface area contributed by atoms with Gasteiger partial charge in [0.15, 0.2) is 11.9 Å². The quantitative estimate of drug-likeness (QED) is 0.455. The van der Waals surface area contributed by atoms with Gasteiger partial charge in [-0.2, -0.15) is 8.42 Å². The van der Waals surface area contributed by atoms with Gasteiger partial charge in [-0.05, 0) is 25.1 Å². The fourth-order valence-corrected chi connectivity index (χ4v) is 3.22. The number of fused-ring (bicyclic) bond motifs is 1. The second-order valence-electron chi connectivity index (χ2n) is 5.46. The maximum Gasteiger partial charge on any atom is 0.314 e. The molecular formula is C16H15NO7S. The van der Waals surface area contributed by atoms with Gasteiger partial charge in [0.25, 0.3) is 10.1 Å². The van der Waals surface area contributed by atoms with Gasteiger partial charge in [-0.1, -0.05) is 23.8 Å². The molecule has 8 nitrogen and oxygen atoms in total. The SMILES string of the molecule is Cc1ccc(S(=O)(=O)OCC2COc3cccc([N+](=O)[O-])c3O2)cc1. The van der Waals surface area contributed by atoms with Crippen LogP contribution >= 0.6 is 0 Å². The molecule has 0 radical (unpaired) electrons. The third-order valence-electron chi connectivity index (χ3n) is 3.58. The summed E-state index contributed by atoms with van der Waals surface area (Å²) in [6.45, 7) is 1.55. The molecule has 0 saturated heterocycles. The molecule has 0 N–H and O–H groups in total. The molecule has 25 heavy (non-hydrogen) atoms. The molecule has 0 saturated carbocycles. The van der Waals surface area contributed by atoms with Crippen LogP contribution in [0.15, 0.2) is 47.4 Å². The molecule has 0 amide bonds. The first-order chi connectivity index (χ1) is 11.9. The molecule has 2 aromatic carbocycles. The van der Waals surface area contributed by atoms with Crippen LogP contribution in [0.5, 0.6) is 11.5 Å². The number of nitrogens with zero attached hydrogens (tertiary/aromatic N) is 1. The van der Waals surface area contributed by atoms with E-state index in [4.69, 9.17) is 13.7 Å². The van der Waals surface area contributed by atoms with E-state index in [0.717, 1.165) is 5.56 Å². The predicted octanol–water partition coefficient (Wildman–Crippen LogP) is 2.45. The lowest BCUT2D eigenvalue weighted by Gasteiger charge is -2.25. The van der Waals surface area contributed by atoms with Crippen LogP contribution in [0.2, 0.25) is 0 Å². The Morgan fingerprint density at radius 3 is 2.64 bits per heavy atom. The number of ether oxygens (including phenoxy) is 2. The molecule has 1 aliphatic heterocycles. The van der Waals surface area contributed by atoms with Crippen molar-refractivity contribution in [1.29, 1.82) is 0 Å². The fraction of sp³-hybridized carbons (Fsp3) is 0.250. The molecule has 1 unspecified atom stereocenters. The van der Waals surface area contributed by atoms with Crippen molar-refractivity contribution in [3.63, 3.8) is 0 Å². The largest absolute Gasteiger partial charge is 0.485 e. The first-order valence-electron chi connectivity index (χ1n) is 7.40. The highest BCUT2D eigenvalue weighted by Crippen LogP contribution is 2.39. The first-order valence-corrected chi connectivity index (χ1v) is 8.80. The van der Waals surface area contributed by atoms with Crippen LogP contribution in [0.4, 0.5) is 5.69 Å². The van der Waals surface area contributed by atoms with Crippen molar-refractivity contribution >= 4 is 15.8 Å². The topological polar surface area (TPSA) is 105 Å². The van der Waals surface area contributed by atoms with E-state index >= 15 is 0 Å². The van der Waals surface area contributed by atoms with Gasteiger partial charge in [-0.25, -0.2) is 0 Å². The van der Waals surface area contributed by atoms with Gasteiger partial charge < -0.3 is 9.47 Å². The van der Waals surface area contributed by atoms with Gasteiger partial charge in [-0.3, -0.25) is 14.3 Å². The van der Waals surface area contributed by atoms with Crippen LogP contribution in [0, 0.1) is 17.0 Å². The standard InChI is InChI=1S/C16H15NO7S/c1-11-5-7-13(8-6-11)25(20,21)23-10-12-9-22-15-4-2-3-14(17(18)19)16(15)24-12/h2-8,12H,9-10H2,1H3. The lowest BCUT2D eigenvalue weighted by atomic mass is 10.2. The van der Waals surface area contributed by atoms with Gasteiger partial charge in [0, 0.05) is 6.07 Å². The Morgan fingerprint density at radius 2 is 1.96 bits per heavy atom. The van der Waals surface area contributed by atoms with E-state index in [1.54, 1.807) is 18.2 Å². The van der Waals surface area contributed by atoms with Crippen molar-refractivity contribution in [2.24, 2.45) is 0 Å². The second kappa shape index (κ2) is 6.69. The molecule has 0 spiro atoms. The summed E-state index contributed by atoms with van der Waals surface area (Å²) in [5.74, 6) is 0.215. The predicted molar refractivity (Wildman–Crippen MR) is 87.3 cm³/mol. The zero-order valence-electron chi connectivity index (χ0n) is 13.2. The Bertz CT molecular complexity index is 893. The molecule has 0 aromatic heterocycles. The molecule has 1 aliphatic rings. The highest BCUT2D eigenvalue weighted by Gasteiger charge is 2.30. The zero-order valence-corrected chi connectivity index (χ0v) is 14.1. The Labute approximate surface area is 144 Å². The number of hydrogen-bond donors (Lipinski definition) is 0. The second-order valence-corrected chi connectivity index (χ2v) is 7.08. The average molecular weight is 365 g/mol. The zero-order chi connectivity index (χ0) is 18.0. The van der Waals surface area contributed by atoms with E-state index in [9.17, 15) is 18.5 Å². The highest BCUT2D eigenvalue weighted by atomic mass is 32.2. The van der Waals surface area contributed by atoms with E-state index in [0.29, 0.717) is 0 Å². The van der Waals surface area contributed by atoms with Gasteiger partial charge in [0.05, 0.1) is 9.82 Å². The first kappa shape index (κ1) is 17.2. The summed E-state index contributed by atoms with van der Waals surface area (Å²) < 4.78 is 40.3. The molecule has 0 aliphatic carbocycles. The van der Waals surface area contributed by atoms with Crippen LogP contribution in [-0.2, 0) is 14.3 Å². The third kappa shape index (κ3) is 3.72. The summed E-state index contributed by atoms with van der Waals surface area (Å²) in [4.78, 5) is 10.5. The Balaban J connectivity index is 1.71. The van der Waals surface area contributed by atoms with Crippen LogP contribution < -0.4 is 9.47 Å². The van der Waals surface area contributed by atoms with E-state index in [-0.39, 0.29) is 35.3 Å². The molecule has 2 aromatic rings. The van der Waals surface area contributed by atoms with Gasteiger partial charge in [0.1, 0.15) is 13.2 Å². The van der Waals surface area contributed by atoms with Crippen molar-refractivity contribution in [3.8, 4) is 11.5 Å². The minimum atomic E-state index is -3.95. The van der Waals surface area contributed by atoms with Crippen LogP contribution in [0.1, 0.15) is 5.56 Å². The number of aryl methyl sites for hydroxylation is 1. The number of nitro groups is 1. The summed E-state index contributed by atoms with van der Waals surface area (Å²) in [6.07, 6.45) is -0.783. The molecule has 3 rings (SSSR count). The highest BCUT2D eigenvalue weighted by molar-refractivity contribution is 7.86. The average Bonchev–Trinajstić information content (AvgIpc) is 2.59. The number of hydrogen-bond acceptors (Lipinski definition) is 7. The molecule has 0 bridgehead atoms. The summed E-state index contributed by atoms with van der Waals surface area (Å²) >= 11 is 0. The third-order valence-corrected chi connectivity index (χ3v) is 4.88. The maximum absolute atomic E-state index is 12.2. The number of benzene rings is 2. The minimum absolute atomic E-state index is 0.0254. The van der Waals surface area contributed by atoms with Crippen LogP contribution in [0.25, 0.3) is 0 Å². The maximum atomic E-state index is 12.2. The van der Waals surface area contributed by atoms with Crippen molar-refractivity contribution in [2.75, 3.05) is 13.2 Å². The van der Waals surface area contributed by atoms with Crippen molar-refractivity contribution in [3.05, 3.63) is 58.1 Å². The fourth-order valence-electron chi connectivity index (χ4n) is 2.28. The Kier molecular flexibility index (Phi) is 4.60. The normalized spacial score (nSPS) is 16.4. The van der Waals surface area contributed by atoms with Crippen molar-refractivity contribution < 1.29 is 27.0 Å². The van der Waals surface area contributed by atoms with E-state index in [1.807, 2.05) is 6.92 Å². The van der Waals surface area contributed by atoms with Gasteiger partial charge in [0.2, 0.25) is 5.75 Å². The number of nitro benzene ring substituents is 1. The van der Waals surface area contributed by atoms with Gasteiger partial charge >= 0.3 is 5.69 Å². The van der Waals surface area contributed by atoms with Crippen LogP contribution in [0.3, 0.4) is 0 Å². The van der Waals surface area contributed by atoms with E-state index in [1.165, 1.54) is 24.3 Å². The summed E-state index contributed by atoms with van der Waals surface area (Å²) in [5, 5.41) is 11.1. The lowest BCUT2D eigenvalue weighted by molar-refractivity contribution is -0.386. The monoisotopic (exact) mass is 365 g/mol. The van der Waals surface area contributed by atoms with E-state index in [2.05, 4.69) is 0 Å². The number of rotatable bonds is 5. The summed E-state index contributed by atoms with van der Waals surface area (Å²) in [6, 6.07) is 10.5. The van der Waals surface area contributed by atoms with Gasteiger partial charge in [-0.15, -0.1) is 0 Å². The molecule has 132 valence electrons. The lowest BCUT2D eigenvalue weighted by Crippen LogP contribution is -2.34. The van der Waals surface area contributed by atoms with Crippen molar-refractivity contribution in [1.82, 2.24) is 0 Å². The van der Waals surface area contributed by atoms with Crippen molar-refractivity contribution in [2.45, 2.75) is 17.9 Å². The molecular weight excluding hydrogens is 350 g/mol. The molecule has 1 atom stereocenters. The molecule has 9 heteroatoms. The summed E-state index contributed by atoms with van der Waals surface area (Å²) in [5.41, 5.74) is 0.676. The molecule has 0 fully saturated rings.